The number of nitrogens with zero attached hydrogens (tertiary/aromatic N) is 1. The summed E-state index contributed by atoms with van der Waals surface area (Å²) in [4.78, 5) is 33.9. The fourth-order valence-corrected chi connectivity index (χ4v) is 2.66. The molecule has 0 radical (unpaired) electrons. The van der Waals surface area contributed by atoms with Gasteiger partial charge >= 0.3 is 5.97 Å². The van der Waals surface area contributed by atoms with E-state index in [1.54, 1.807) is 18.4 Å². The number of non-ortho nitro benzene ring substituents is 1. The van der Waals surface area contributed by atoms with Crippen molar-refractivity contribution in [2.75, 3.05) is 11.9 Å². The molecule has 0 spiro atoms. The van der Waals surface area contributed by atoms with Crippen LogP contribution in [0.25, 0.3) is 0 Å². The van der Waals surface area contributed by atoms with Crippen molar-refractivity contribution in [2.45, 2.75) is 13.3 Å². The number of nitro groups is 1. The molecule has 0 atom stereocenters. The summed E-state index contributed by atoms with van der Waals surface area (Å²) in [6, 6.07) is 7.33. The molecule has 2 aromatic rings. The first kappa shape index (κ1) is 16.6. The van der Waals surface area contributed by atoms with Crippen molar-refractivity contribution < 1.29 is 19.2 Å². The van der Waals surface area contributed by atoms with Crippen LogP contribution in [0, 0.1) is 10.1 Å². The highest BCUT2D eigenvalue weighted by Gasteiger charge is 2.16. The Labute approximate surface area is 136 Å². The molecule has 120 valence electrons. The van der Waals surface area contributed by atoms with E-state index in [0.29, 0.717) is 16.1 Å². The van der Waals surface area contributed by atoms with Gasteiger partial charge in [-0.1, -0.05) is 12.1 Å². The molecule has 2 rings (SSSR count). The van der Waals surface area contributed by atoms with Crippen molar-refractivity contribution in [1.29, 1.82) is 0 Å². The summed E-state index contributed by atoms with van der Waals surface area (Å²) in [6.45, 7) is 1.96. The van der Waals surface area contributed by atoms with E-state index < -0.39 is 10.9 Å². The standard InChI is InChI=1S/C15H14N2O5S/c1-2-22-15(19)12-7-8-23-14(12)16-13(18)9-10-3-5-11(6-4-10)17(20)21/h3-8H,2,9H2,1H3,(H,16,18). The molecule has 1 amide bonds. The lowest BCUT2D eigenvalue weighted by Gasteiger charge is -2.06. The molecule has 7 nitrogen and oxygen atoms in total. The van der Waals surface area contributed by atoms with Gasteiger partial charge in [0.2, 0.25) is 5.91 Å². The molecule has 0 aliphatic carbocycles. The van der Waals surface area contributed by atoms with Crippen molar-refractivity contribution in [3.8, 4) is 0 Å². The van der Waals surface area contributed by atoms with E-state index in [0.717, 1.165) is 0 Å². The van der Waals surface area contributed by atoms with E-state index in [4.69, 9.17) is 4.74 Å². The molecular formula is C15H14N2O5S. The Bertz CT molecular complexity index is 724. The van der Waals surface area contributed by atoms with Gasteiger partial charge in [-0.3, -0.25) is 14.9 Å². The highest BCUT2D eigenvalue weighted by Crippen LogP contribution is 2.24. The maximum Gasteiger partial charge on any atom is 0.341 e. The Morgan fingerprint density at radius 3 is 2.57 bits per heavy atom. The Morgan fingerprint density at radius 2 is 1.96 bits per heavy atom. The van der Waals surface area contributed by atoms with Crippen LogP contribution in [0.15, 0.2) is 35.7 Å². The first-order valence-corrected chi connectivity index (χ1v) is 7.67. The number of nitrogens with one attached hydrogen (secondary N) is 1. The Kier molecular flexibility index (Phi) is 5.42. The quantitative estimate of drug-likeness (QED) is 0.497. The van der Waals surface area contributed by atoms with E-state index >= 15 is 0 Å². The minimum absolute atomic E-state index is 0.0305. The number of thiophene rings is 1. The van der Waals surface area contributed by atoms with Crippen LogP contribution in [0.5, 0.6) is 0 Å². The van der Waals surface area contributed by atoms with Crippen LogP contribution in [-0.4, -0.2) is 23.4 Å². The summed E-state index contributed by atoms with van der Waals surface area (Å²) in [5, 5.41) is 15.4. The van der Waals surface area contributed by atoms with Gasteiger partial charge in [-0.15, -0.1) is 11.3 Å². The molecule has 0 aliphatic heterocycles. The first-order valence-electron chi connectivity index (χ1n) is 6.79. The molecule has 23 heavy (non-hydrogen) atoms. The number of anilines is 1. The van der Waals surface area contributed by atoms with Gasteiger partial charge in [-0.05, 0) is 23.9 Å². The second-order valence-corrected chi connectivity index (χ2v) is 5.45. The smallest absolute Gasteiger partial charge is 0.341 e. The number of carbonyl (C=O) groups is 2. The number of nitro benzene ring substituents is 1. The zero-order valence-electron chi connectivity index (χ0n) is 12.3. The van der Waals surface area contributed by atoms with Crippen molar-refractivity contribution in [1.82, 2.24) is 0 Å². The monoisotopic (exact) mass is 334 g/mol. The van der Waals surface area contributed by atoms with Gasteiger partial charge in [0.25, 0.3) is 5.69 Å². The second-order valence-electron chi connectivity index (χ2n) is 4.53. The third kappa shape index (κ3) is 4.36. The van der Waals surface area contributed by atoms with Crippen LogP contribution in [0.4, 0.5) is 10.7 Å². The molecule has 0 bridgehead atoms. The van der Waals surface area contributed by atoms with Gasteiger partial charge in [0.05, 0.1) is 23.5 Å². The lowest BCUT2D eigenvalue weighted by atomic mass is 10.1. The summed E-state index contributed by atoms with van der Waals surface area (Å²) in [5.74, 6) is -0.800. The maximum atomic E-state index is 12.0. The number of carbonyl (C=O) groups excluding carboxylic acids is 2. The maximum absolute atomic E-state index is 12.0. The molecule has 8 heteroatoms. The van der Waals surface area contributed by atoms with Gasteiger partial charge < -0.3 is 10.1 Å². The number of ether oxygens (including phenoxy) is 1. The van der Waals surface area contributed by atoms with Crippen LogP contribution in [-0.2, 0) is 16.0 Å². The third-order valence-electron chi connectivity index (χ3n) is 2.93. The number of rotatable bonds is 6. The van der Waals surface area contributed by atoms with Crippen LogP contribution in [0.3, 0.4) is 0 Å². The zero-order valence-corrected chi connectivity index (χ0v) is 13.1. The summed E-state index contributed by atoms with van der Waals surface area (Å²) in [5.41, 5.74) is 0.924. The molecule has 0 saturated heterocycles. The molecular weight excluding hydrogens is 320 g/mol. The fraction of sp³-hybridized carbons (Fsp3) is 0.200. The van der Waals surface area contributed by atoms with Gasteiger partial charge in [0.15, 0.2) is 0 Å². The van der Waals surface area contributed by atoms with Crippen molar-refractivity contribution in [3.05, 3.63) is 57.0 Å². The van der Waals surface area contributed by atoms with E-state index in [1.165, 1.54) is 35.6 Å². The molecule has 0 saturated carbocycles. The van der Waals surface area contributed by atoms with Crippen molar-refractivity contribution in [2.24, 2.45) is 0 Å². The predicted molar refractivity (Wildman–Crippen MR) is 85.7 cm³/mol. The summed E-state index contributed by atoms with van der Waals surface area (Å²) >= 11 is 1.23. The molecule has 1 N–H and O–H groups in total. The van der Waals surface area contributed by atoms with Crippen LogP contribution in [0.1, 0.15) is 22.8 Å². The van der Waals surface area contributed by atoms with Gasteiger partial charge in [-0.2, -0.15) is 0 Å². The Balaban J connectivity index is 2.01. The highest BCUT2D eigenvalue weighted by molar-refractivity contribution is 7.14. The fourth-order valence-electron chi connectivity index (χ4n) is 1.87. The first-order chi connectivity index (χ1) is 11.0. The lowest BCUT2D eigenvalue weighted by Crippen LogP contribution is -2.16. The summed E-state index contributed by atoms with van der Waals surface area (Å²) in [6.07, 6.45) is 0.0537. The molecule has 1 aromatic heterocycles. The summed E-state index contributed by atoms with van der Waals surface area (Å²) < 4.78 is 4.91. The van der Waals surface area contributed by atoms with Gasteiger partial charge in [0, 0.05) is 12.1 Å². The largest absolute Gasteiger partial charge is 0.462 e. The SMILES string of the molecule is CCOC(=O)c1ccsc1NC(=O)Cc1ccc([N+](=O)[O-])cc1. The average molecular weight is 334 g/mol. The van der Waals surface area contributed by atoms with E-state index in [1.807, 2.05) is 0 Å². The number of esters is 1. The van der Waals surface area contributed by atoms with Crippen molar-refractivity contribution >= 4 is 33.9 Å². The zero-order chi connectivity index (χ0) is 16.8. The van der Waals surface area contributed by atoms with Crippen LogP contribution < -0.4 is 5.32 Å². The molecule has 0 unspecified atom stereocenters. The molecule has 0 aliphatic rings. The number of benzene rings is 1. The number of hydrogen-bond donors (Lipinski definition) is 1. The Morgan fingerprint density at radius 1 is 1.26 bits per heavy atom. The highest BCUT2D eigenvalue weighted by atomic mass is 32.1. The van der Waals surface area contributed by atoms with E-state index in [2.05, 4.69) is 5.32 Å². The molecule has 1 heterocycles. The number of hydrogen-bond acceptors (Lipinski definition) is 6. The average Bonchev–Trinajstić information content (AvgIpc) is 2.96. The van der Waals surface area contributed by atoms with Gasteiger partial charge in [-0.25, -0.2) is 4.79 Å². The normalized spacial score (nSPS) is 10.1. The second kappa shape index (κ2) is 7.50. The topological polar surface area (TPSA) is 98.5 Å². The number of amides is 1. The van der Waals surface area contributed by atoms with Crippen molar-refractivity contribution in [3.63, 3.8) is 0 Å². The van der Waals surface area contributed by atoms with Crippen LogP contribution in [0.2, 0.25) is 0 Å². The minimum atomic E-state index is -0.499. The third-order valence-corrected chi connectivity index (χ3v) is 3.76. The molecule has 1 aromatic carbocycles. The lowest BCUT2D eigenvalue weighted by molar-refractivity contribution is -0.384. The van der Waals surface area contributed by atoms with Crippen LogP contribution >= 0.6 is 11.3 Å². The summed E-state index contributed by atoms with van der Waals surface area (Å²) in [7, 11) is 0. The predicted octanol–water partition coefficient (Wildman–Crippen LogP) is 3.01. The molecule has 0 fully saturated rings. The minimum Gasteiger partial charge on any atom is -0.462 e. The van der Waals surface area contributed by atoms with E-state index in [9.17, 15) is 19.7 Å². The Hall–Kier alpha value is -2.74. The van der Waals surface area contributed by atoms with E-state index in [-0.39, 0.29) is 24.6 Å². The van der Waals surface area contributed by atoms with Gasteiger partial charge in [0.1, 0.15) is 5.00 Å².